The molecule has 0 bridgehead atoms. The Hall–Kier alpha value is -1.50. The molecule has 1 N–H and O–H groups in total. The van der Waals surface area contributed by atoms with Crippen LogP contribution in [0.1, 0.15) is 17.0 Å². The number of oxime groups is 1. The van der Waals surface area contributed by atoms with Crippen LogP contribution in [0.15, 0.2) is 58.2 Å². The molecule has 2 nitrogen and oxygen atoms in total. The van der Waals surface area contributed by atoms with Crippen LogP contribution in [0.25, 0.3) is 5.57 Å². The van der Waals surface area contributed by atoms with Gasteiger partial charge >= 0.3 is 6.18 Å². The SMILES string of the molecule is O/N=C\C(/C=C(\c1cc(Cl)cc(Cl)c1)C(F)(F)F)c1ccc(Br)cc1. The van der Waals surface area contributed by atoms with Crippen LogP contribution in [0.2, 0.25) is 10.0 Å². The Bertz CT molecular complexity index is 784. The smallest absolute Gasteiger partial charge is 0.411 e. The predicted octanol–water partition coefficient (Wildman–Crippen LogP) is 6.95. The molecule has 0 radical (unpaired) electrons. The lowest BCUT2D eigenvalue weighted by atomic mass is 9.94. The Kier molecular flexibility index (Phi) is 6.54. The summed E-state index contributed by atoms with van der Waals surface area (Å²) in [6.07, 6.45) is -2.67. The van der Waals surface area contributed by atoms with Crippen molar-refractivity contribution < 1.29 is 18.4 Å². The summed E-state index contributed by atoms with van der Waals surface area (Å²) in [4.78, 5) is 0. The summed E-state index contributed by atoms with van der Waals surface area (Å²) < 4.78 is 41.5. The van der Waals surface area contributed by atoms with Gasteiger partial charge in [-0.15, -0.1) is 5.16 Å². The van der Waals surface area contributed by atoms with Gasteiger partial charge < -0.3 is 5.21 Å². The third-order valence-electron chi connectivity index (χ3n) is 3.31. The Labute approximate surface area is 160 Å². The molecule has 1 unspecified atom stereocenters. The standard InChI is InChI=1S/C17H11BrCl2F3NO/c18-13-3-1-10(2-4-13)12(9-24-25)7-16(17(21,22)23)11-5-14(19)8-15(20)6-11/h1-9,12,25H/b16-7+,24-9-. The first-order chi connectivity index (χ1) is 11.7. The number of hydrogen-bond acceptors (Lipinski definition) is 2. The molecule has 0 saturated carbocycles. The quantitative estimate of drug-likeness (QED) is 0.304. The van der Waals surface area contributed by atoms with E-state index in [-0.39, 0.29) is 15.6 Å². The fourth-order valence-corrected chi connectivity index (χ4v) is 3.02. The molecule has 0 heterocycles. The second-order valence-electron chi connectivity index (χ2n) is 5.08. The van der Waals surface area contributed by atoms with Crippen molar-refractivity contribution in [2.24, 2.45) is 5.16 Å². The van der Waals surface area contributed by atoms with Gasteiger partial charge in [0.05, 0.1) is 11.8 Å². The summed E-state index contributed by atoms with van der Waals surface area (Å²) >= 11 is 14.9. The molecule has 0 aliphatic heterocycles. The lowest BCUT2D eigenvalue weighted by Crippen LogP contribution is -2.13. The van der Waals surface area contributed by atoms with Gasteiger partial charge in [-0.2, -0.15) is 13.2 Å². The Morgan fingerprint density at radius 3 is 2.12 bits per heavy atom. The van der Waals surface area contributed by atoms with E-state index in [9.17, 15) is 13.2 Å². The van der Waals surface area contributed by atoms with E-state index < -0.39 is 17.7 Å². The summed E-state index contributed by atoms with van der Waals surface area (Å²) in [5.41, 5.74) is -0.570. The Morgan fingerprint density at radius 2 is 1.64 bits per heavy atom. The van der Waals surface area contributed by atoms with Gasteiger partial charge in [0.25, 0.3) is 0 Å². The minimum absolute atomic E-state index is 0.0914. The Morgan fingerprint density at radius 1 is 1.08 bits per heavy atom. The van der Waals surface area contributed by atoms with Crippen molar-refractivity contribution in [1.29, 1.82) is 0 Å². The normalized spacial score (nSPS) is 14.1. The summed E-state index contributed by atoms with van der Waals surface area (Å²) in [5, 5.41) is 11.9. The van der Waals surface area contributed by atoms with Crippen molar-refractivity contribution in [1.82, 2.24) is 0 Å². The van der Waals surface area contributed by atoms with Crippen LogP contribution in [-0.2, 0) is 0 Å². The second kappa shape index (κ2) is 8.25. The van der Waals surface area contributed by atoms with E-state index in [1.165, 1.54) is 18.2 Å². The molecule has 2 aromatic carbocycles. The monoisotopic (exact) mass is 451 g/mol. The summed E-state index contributed by atoms with van der Waals surface area (Å²) in [7, 11) is 0. The molecule has 0 aromatic heterocycles. The van der Waals surface area contributed by atoms with Gasteiger partial charge in [0.1, 0.15) is 0 Å². The van der Waals surface area contributed by atoms with Crippen LogP contribution in [0.3, 0.4) is 0 Å². The number of halogens is 6. The van der Waals surface area contributed by atoms with Crippen molar-refractivity contribution >= 4 is 50.9 Å². The van der Waals surface area contributed by atoms with E-state index in [0.29, 0.717) is 5.56 Å². The fraction of sp³-hybridized carbons (Fsp3) is 0.118. The molecule has 2 rings (SSSR count). The van der Waals surface area contributed by atoms with Crippen molar-refractivity contribution in [3.63, 3.8) is 0 Å². The average Bonchev–Trinajstić information content (AvgIpc) is 2.50. The van der Waals surface area contributed by atoms with Gasteiger partial charge in [-0.05, 0) is 41.5 Å². The third-order valence-corrected chi connectivity index (χ3v) is 4.27. The number of hydrogen-bond donors (Lipinski definition) is 1. The van der Waals surface area contributed by atoms with E-state index in [2.05, 4.69) is 21.1 Å². The maximum Gasteiger partial charge on any atom is 0.416 e. The number of benzene rings is 2. The van der Waals surface area contributed by atoms with Crippen LogP contribution in [0.5, 0.6) is 0 Å². The first-order valence-corrected chi connectivity index (χ1v) is 8.44. The molecule has 0 saturated heterocycles. The van der Waals surface area contributed by atoms with Crippen LogP contribution in [-0.4, -0.2) is 17.6 Å². The molecule has 0 fully saturated rings. The number of rotatable bonds is 4. The third kappa shape index (κ3) is 5.49. The first-order valence-electron chi connectivity index (χ1n) is 6.89. The molecular weight excluding hydrogens is 442 g/mol. The molecule has 0 aliphatic carbocycles. The average molecular weight is 453 g/mol. The topological polar surface area (TPSA) is 32.6 Å². The molecule has 1 atom stereocenters. The largest absolute Gasteiger partial charge is 0.416 e. The van der Waals surface area contributed by atoms with E-state index in [0.717, 1.165) is 16.8 Å². The maximum atomic E-state index is 13.6. The first kappa shape index (κ1) is 19.8. The number of allylic oxidation sites excluding steroid dienone is 2. The van der Waals surface area contributed by atoms with E-state index in [1.807, 2.05) is 0 Å². The van der Waals surface area contributed by atoms with Gasteiger partial charge in [0, 0.05) is 20.4 Å². The van der Waals surface area contributed by atoms with Crippen molar-refractivity contribution in [2.75, 3.05) is 0 Å². The summed E-state index contributed by atoms with van der Waals surface area (Å²) in [5.74, 6) is -0.896. The van der Waals surface area contributed by atoms with Crippen molar-refractivity contribution in [2.45, 2.75) is 12.1 Å². The lowest BCUT2D eigenvalue weighted by Gasteiger charge is -2.16. The van der Waals surface area contributed by atoms with Crippen LogP contribution in [0, 0.1) is 0 Å². The second-order valence-corrected chi connectivity index (χ2v) is 6.87. The van der Waals surface area contributed by atoms with Gasteiger partial charge in [-0.1, -0.05) is 57.3 Å². The zero-order valence-corrected chi connectivity index (χ0v) is 15.5. The van der Waals surface area contributed by atoms with E-state index >= 15 is 0 Å². The molecule has 0 aliphatic rings. The molecule has 2 aromatic rings. The molecule has 0 spiro atoms. The maximum absolute atomic E-state index is 13.6. The van der Waals surface area contributed by atoms with E-state index in [1.54, 1.807) is 24.3 Å². The van der Waals surface area contributed by atoms with Crippen LogP contribution < -0.4 is 0 Å². The highest BCUT2D eigenvalue weighted by molar-refractivity contribution is 9.10. The van der Waals surface area contributed by atoms with Gasteiger partial charge in [0.15, 0.2) is 0 Å². The molecule has 0 amide bonds. The van der Waals surface area contributed by atoms with Gasteiger partial charge in [0.2, 0.25) is 0 Å². The molecule has 8 heteroatoms. The van der Waals surface area contributed by atoms with Crippen LogP contribution in [0.4, 0.5) is 13.2 Å². The van der Waals surface area contributed by atoms with E-state index in [4.69, 9.17) is 28.4 Å². The summed E-state index contributed by atoms with van der Waals surface area (Å²) in [6.45, 7) is 0. The van der Waals surface area contributed by atoms with Gasteiger partial charge in [-0.25, -0.2) is 0 Å². The summed E-state index contributed by atoms with van der Waals surface area (Å²) in [6, 6.07) is 10.3. The lowest BCUT2D eigenvalue weighted by molar-refractivity contribution is -0.0690. The minimum Gasteiger partial charge on any atom is -0.411 e. The van der Waals surface area contributed by atoms with Crippen molar-refractivity contribution in [3.05, 3.63) is 74.2 Å². The Balaban J connectivity index is 2.59. The van der Waals surface area contributed by atoms with Gasteiger partial charge in [-0.3, -0.25) is 0 Å². The molecule has 132 valence electrons. The number of nitrogens with zero attached hydrogens (tertiary/aromatic N) is 1. The zero-order valence-electron chi connectivity index (χ0n) is 12.4. The van der Waals surface area contributed by atoms with Crippen molar-refractivity contribution in [3.8, 4) is 0 Å². The highest BCUT2D eigenvalue weighted by Crippen LogP contribution is 2.38. The predicted molar refractivity (Wildman–Crippen MR) is 97.7 cm³/mol. The highest BCUT2D eigenvalue weighted by Gasteiger charge is 2.35. The zero-order chi connectivity index (χ0) is 18.6. The fourth-order valence-electron chi connectivity index (χ4n) is 2.23. The highest BCUT2D eigenvalue weighted by atomic mass is 79.9. The molecule has 25 heavy (non-hydrogen) atoms. The van der Waals surface area contributed by atoms with Crippen LogP contribution >= 0.6 is 39.1 Å². The number of alkyl halides is 3. The molecular formula is C17H11BrCl2F3NO. The minimum atomic E-state index is -4.65.